The summed E-state index contributed by atoms with van der Waals surface area (Å²) in [7, 11) is 0. The van der Waals surface area contributed by atoms with E-state index >= 15 is 0 Å². The molecule has 0 radical (unpaired) electrons. The number of thiazole rings is 1. The Morgan fingerprint density at radius 3 is 2.95 bits per heavy atom. The minimum atomic E-state index is -0.0496. The number of hydrogen-bond acceptors (Lipinski definition) is 4. The predicted molar refractivity (Wildman–Crippen MR) is 81.3 cm³/mol. The number of carbonyl (C=O) groups is 1. The molecule has 2 heterocycles. The molecule has 0 atom stereocenters. The second-order valence-electron chi connectivity index (χ2n) is 4.67. The third kappa shape index (κ3) is 3.17. The third-order valence-corrected chi connectivity index (χ3v) is 4.39. The smallest absolute Gasteiger partial charge is 0.230 e. The maximum absolute atomic E-state index is 12.0. The highest BCUT2D eigenvalue weighted by molar-refractivity contribution is 7.15. The summed E-state index contributed by atoms with van der Waals surface area (Å²) in [5, 5.41) is 7.54. The number of nitrogens with zero attached hydrogens (tertiary/aromatic N) is 1. The van der Waals surface area contributed by atoms with Crippen molar-refractivity contribution in [2.24, 2.45) is 0 Å². The second-order valence-corrected chi connectivity index (χ2v) is 6.19. The zero-order valence-corrected chi connectivity index (χ0v) is 12.4. The number of nitrogens with one attached hydrogen (secondary N) is 2. The summed E-state index contributed by atoms with van der Waals surface area (Å²) in [5.41, 5.74) is 2.05. The van der Waals surface area contributed by atoms with Gasteiger partial charge in [-0.3, -0.25) is 4.79 Å². The minimum absolute atomic E-state index is 0.0496. The maximum Gasteiger partial charge on any atom is 0.230 e. The summed E-state index contributed by atoms with van der Waals surface area (Å²) in [6.45, 7) is 1.80. The van der Waals surface area contributed by atoms with Gasteiger partial charge in [-0.15, -0.1) is 11.3 Å². The lowest BCUT2D eigenvalue weighted by Gasteiger charge is -2.09. The minimum Gasteiger partial charge on any atom is -0.311 e. The average Bonchev–Trinajstić information content (AvgIpc) is 2.83. The molecule has 2 aromatic rings. The van der Waals surface area contributed by atoms with Crippen LogP contribution >= 0.6 is 22.9 Å². The van der Waals surface area contributed by atoms with E-state index < -0.39 is 0 Å². The fourth-order valence-corrected chi connectivity index (χ4v) is 3.25. The number of fused-ring (bicyclic) bond motifs is 1. The molecule has 0 saturated carbocycles. The first kappa shape index (κ1) is 13.5. The fraction of sp³-hybridized carbons (Fsp3) is 0.286. The summed E-state index contributed by atoms with van der Waals surface area (Å²) in [5.74, 6) is -0.0496. The predicted octanol–water partition coefficient (Wildman–Crippen LogP) is 2.62. The second kappa shape index (κ2) is 5.91. The Kier molecular flexibility index (Phi) is 4.00. The van der Waals surface area contributed by atoms with Crippen LogP contribution in [0.4, 0.5) is 5.13 Å². The molecule has 0 aliphatic carbocycles. The Labute approximate surface area is 126 Å². The van der Waals surface area contributed by atoms with Crippen molar-refractivity contribution in [2.45, 2.75) is 19.4 Å². The largest absolute Gasteiger partial charge is 0.311 e. The summed E-state index contributed by atoms with van der Waals surface area (Å²) in [4.78, 5) is 17.7. The quantitative estimate of drug-likeness (QED) is 0.916. The van der Waals surface area contributed by atoms with Crippen LogP contribution in [0.1, 0.15) is 16.1 Å². The van der Waals surface area contributed by atoms with Crippen LogP contribution in [0.15, 0.2) is 24.3 Å². The summed E-state index contributed by atoms with van der Waals surface area (Å²) in [6, 6.07) is 7.30. The lowest BCUT2D eigenvalue weighted by molar-refractivity contribution is -0.115. The monoisotopic (exact) mass is 307 g/mol. The maximum atomic E-state index is 12.0. The number of amides is 1. The number of aromatic nitrogens is 1. The van der Waals surface area contributed by atoms with Gasteiger partial charge in [-0.1, -0.05) is 23.7 Å². The molecule has 1 aliphatic rings. The summed E-state index contributed by atoms with van der Waals surface area (Å²) in [6.07, 6.45) is 1.26. The standard InChI is InChI=1S/C14H14ClN3OS/c15-10-3-1-9(2-4-10)7-13(19)18-14-17-11-5-6-16-8-12(11)20-14/h1-4,16H,5-8H2,(H,17,18,19). The van der Waals surface area contributed by atoms with Gasteiger partial charge in [-0.2, -0.15) is 0 Å². The van der Waals surface area contributed by atoms with Crippen molar-refractivity contribution in [2.75, 3.05) is 11.9 Å². The van der Waals surface area contributed by atoms with Gasteiger partial charge in [-0.05, 0) is 17.7 Å². The SMILES string of the molecule is O=C(Cc1ccc(Cl)cc1)Nc1nc2c(s1)CNCC2. The molecule has 0 bridgehead atoms. The molecule has 1 aliphatic heterocycles. The summed E-state index contributed by atoms with van der Waals surface area (Å²) < 4.78 is 0. The van der Waals surface area contributed by atoms with Crippen molar-refractivity contribution in [1.29, 1.82) is 0 Å². The Morgan fingerprint density at radius 1 is 1.40 bits per heavy atom. The fourth-order valence-electron chi connectivity index (χ4n) is 2.13. The van der Waals surface area contributed by atoms with Crippen LogP contribution in [0, 0.1) is 0 Å². The van der Waals surface area contributed by atoms with Gasteiger partial charge in [0.15, 0.2) is 5.13 Å². The van der Waals surface area contributed by atoms with Gasteiger partial charge in [-0.25, -0.2) is 4.98 Å². The molecule has 4 nitrogen and oxygen atoms in total. The van der Waals surface area contributed by atoms with Crippen LogP contribution in [0.25, 0.3) is 0 Å². The molecule has 1 aromatic carbocycles. The molecule has 20 heavy (non-hydrogen) atoms. The van der Waals surface area contributed by atoms with E-state index in [1.165, 1.54) is 4.88 Å². The molecule has 6 heteroatoms. The molecule has 3 rings (SSSR count). The Bertz CT molecular complexity index is 600. The molecule has 0 unspecified atom stereocenters. The highest BCUT2D eigenvalue weighted by atomic mass is 35.5. The molecule has 0 saturated heterocycles. The Balaban J connectivity index is 1.63. The molecular weight excluding hydrogens is 294 g/mol. The van der Waals surface area contributed by atoms with Crippen molar-refractivity contribution >= 4 is 34.0 Å². The van der Waals surface area contributed by atoms with Gasteiger partial charge in [0.05, 0.1) is 12.1 Å². The van der Waals surface area contributed by atoms with E-state index in [0.717, 1.165) is 30.8 Å². The van der Waals surface area contributed by atoms with E-state index in [0.29, 0.717) is 16.6 Å². The topological polar surface area (TPSA) is 54.0 Å². The molecule has 1 aromatic heterocycles. The van der Waals surface area contributed by atoms with Crippen LogP contribution in [0.5, 0.6) is 0 Å². The van der Waals surface area contributed by atoms with Crippen molar-refractivity contribution < 1.29 is 4.79 Å². The first-order valence-electron chi connectivity index (χ1n) is 6.44. The summed E-state index contributed by atoms with van der Waals surface area (Å²) >= 11 is 7.37. The average molecular weight is 308 g/mol. The Morgan fingerprint density at radius 2 is 2.20 bits per heavy atom. The van der Waals surface area contributed by atoms with Gasteiger partial charge in [0.1, 0.15) is 0 Å². The molecule has 0 spiro atoms. The van der Waals surface area contributed by atoms with Gasteiger partial charge < -0.3 is 10.6 Å². The number of benzene rings is 1. The number of hydrogen-bond donors (Lipinski definition) is 2. The molecule has 1 amide bonds. The number of halogens is 1. The van der Waals surface area contributed by atoms with Crippen molar-refractivity contribution in [3.8, 4) is 0 Å². The molecule has 2 N–H and O–H groups in total. The molecule has 104 valence electrons. The van der Waals surface area contributed by atoms with Gasteiger partial charge in [0.25, 0.3) is 0 Å². The van der Waals surface area contributed by atoms with E-state index in [4.69, 9.17) is 11.6 Å². The van der Waals surface area contributed by atoms with Gasteiger partial charge in [0, 0.05) is 29.4 Å². The van der Waals surface area contributed by atoms with Crippen LogP contribution in [-0.4, -0.2) is 17.4 Å². The van der Waals surface area contributed by atoms with Crippen LogP contribution < -0.4 is 10.6 Å². The van der Waals surface area contributed by atoms with E-state index in [1.807, 2.05) is 12.1 Å². The lowest BCUT2D eigenvalue weighted by atomic mass is 10.1. The zero-order valence-electron chi connectivity index (χ0n) is 10.8. The van der Waals surface area contributed by atoms with Gasteiger partial charge >= 0.3 is 0 Å². The number of rotatable bonds is 3. The van der Waals surface area contributed by atoms with E-state index in [2.05, 4.69) is 15.6 Å². The highest BCUT2D eigenvalue weighted by Crippen LogP contribution is 2.25. The Hall–Kier alpha value is -1.43. The van der Waals surface area contributed by atoms with Crippen LogP contribution in [0.2, 0.25) is 5.02 Å². The van der Waals surface area contributed by atoms with Crippen LogP contribution in [0.3, 0.4) is 0 Å². The van der Waals surface area contributed by atoms with Crippen LogP contribution in [-0.2, 0) is 24.2 Å². The number of carbonyl (C=O) groups excluding carboxylic acids is 1. The highest BCUT2D eigenvalue weighted by Gasteiger charge is 2.16. The lowest BCUT2D eigenvalue weighted by Crippen LogP contribution is -2.22. The van der Waals surface area contributed by atoms with Crippen molar-refractivity contribution in [1.82, 2.24) is 10.3 Å². The van der Waals surface area contributed by atoms with E-state index in [9.17, 15) is 4.79 Å². The third-order valence-electron chi connectivity index (χ3n) is 3.13. The zero-order chi connectivity index (χ0) is 13.9. The van der Waals surface area contributed by atoms with Crippen molar-refractivity contribution in [3.05, 3.63) is 45.4 Å². The van der Waals surface area contributed by atoms with E-state index in [-0.39, 0.29) is 5.91 Å². The first-order chi connectivity index (χ1) is 9.70. The van der Waals surface area contributed by atoms with E-state index in [1.54, 1.807) is 23.5 Å². The van der Waals surface area contributed by atoms with Crippen molar-refractivity contribution in [3.63, 3.8) is 0 Å². The first-order valence-corrected chi connectivity index (χ1v) is 7.64. The number of anilines is 1. The normalized spacial score (nSPS) is 13.8. The molecule has 0 fully saturated rings. The van der Waals surface area contributed by atoms with Gasteiger partial charge in [0.2, 0.25) is 5.91 Å². The molecular formula is C14H14ClN3OS.